The highest BCUT2D eigenvalue weighted by Crippen LogP contribution is 2.25. The molecule has 0 heterocycles. The van der Waals surface area contributed by atoms with Crippen LogP contribution in [-0.4, -0.2) is 26.7 Å². The Morgan fingerprint density at radius 3 is 2.32 bits per heavy atom. The van der Waals surface area contributed by atoms with Gasteiger partial charge in [-0.05, 0) is 34.7 Å². The van der Waals surface area contributed by atoms with Gasteiger partial charge in [0.2, 0.25) is 10.0 Å². The molecule has 0 spiro atoms. The van der Waals surface area contributed by atoms with Gasteiger partial charge in [-0.3, -0.25) is 0 Å². The average Bonchev–Trinajstić information content (AvgIpc) is 2.53. The van der Waals surface area contributed by atoms with Crippen molar-refractivity contribution >= 4 is 10.0 Å². The molecule has 0 aliphatic carbocycles. The van der Waals surface area contributed by atoms with E-state index in [1.807, 2.05) is 12.1 Å². The Hall–Kier alpha value is -1.69. The molecule has 0 saturated carbocycles. The summed E-state index contributed by atoms with van der Waals surface area (Å²) in [6.07, 6.45) is 0. The van der Waals surface area contributed by atoms with Crippen LogP contribution >= 0.6 is 0 Å². The van der Waals surface area contributed by atoms with Crippen LogP contribution in [-0.2, 0) is 10.0 Å². The predicted molar refractivity (Wildman–Crippen MR) is 88.2 cm³/mol. The molecule has 118 valence electrons. The second kappa shape index (κ2) is 7.05. The number of benzene rings is 2. The van der Waals surface area contributed by atoms with Crippen molar-refractivity contribution in [3.8, 4) is 11.1 Å². The van der Waals surface area contributed by atoms with E-state index in [1.54, 1.807) is 24.3 Å². The van der Waals surface area contributed by atoms with Crippen molar-refractivity contribution in [3.05, 3.63) is 54.1 Å². The first-order valence-corrected chi connectivity index (χ1v) is 8.73. The SMILES string of the molecule is CC(C)c1cccc(-c2ccc(S(=O)(=O)NCCO)cc2)c1. The zero-order valence-electron chi connectivity index (χ0n) is 12.8. The Morgan fingerprint density at radius 1 is 1.05 bits per heavy atom. The molecule has 0 bridgehead atoms. The van der Waals surface area contributed by atoms with Crippen LogP contribution in [0, 0.1) is 0 Å². The number of nitrogens with one attached hydrogen (secondary N) is 1. The highest BCUT2D eigenvalue weighted by Gasteiger charge is 2.13. The number of rotatable bonds is 6. The maximum Gasteiger partial charge on any atom is 0.240 e. The summed E-state index contributed by atoms with van der Waals surface area (Å²) >= 11 is 0. The predicted octanol–water partition coefficient (Wildman–Crippen LogP) is 2.75. The third kappa shape index (κ3) is 3.94. The van der Waals surface area contributed by atoms with Crippen LogP contribution in [0.2, 0.25) is 0 Å². The van der Waals surface area contributed by atoms with Gasteiger partial charge >= 0.3 is 0 Å². The molecule has 4 nitrogen and oxygen atoms in total. The van der Waals surface area contributed by atoms with E-state index in [0.29, 0.717) is 5.92 Å². The second-order valence-electron chi connectivity index (χ2n) is 5.43. The summed E-state index contributed by atoms with van der Waals surface area (Å²) in [6, 6.07) is 15.0. The molecule has 0 aliphatic rings. The first-order valence-electron chi connectivity index (χ1n) is 7.25. The third-order valence-corrected chi connectivity index (χ3v) is 4.93. The molecule has 0 atom stereocenters. The lowest BCUT2D eigenvalue weighted by Gasteiger charge is -2.09. The normalized spacial score (nSPS) is 11.8. The minimum atomic E-state index is -3.55. The van der Waals surface area contributed by atoms with Crippen molar-refractivity contribution in [2.24, 2.45) is 0 Å². The molecule has 2 aromatic rings. The summed E-state index contributed by atoms with van der Waals surface area (Å²) in [7, 11) is -3.55. The van der Waals surface area contributed by atoms with Crippen molar-refractivity contribution in [2.75, 3.05) is 13.2 Å². The number of hydrogen-bond donors (Lipinski definition) is 2. The molecule has 2 N–H and O–H groups in total. The molecule has 0 saturated heterocycles. The summed E-state index contributed by atoms with van der Waals surface area (Å²) in [5.74, 6) is 0.447. The number of sulfonamides is 1. The fraction of sp³-hybridized carbons (Fsp3) is 0.294. The van der Waals surface area contributed by atoms with E-state index in [2.05, 4.69) is 30.7 Å². The summed E-state index contributed by atoms with van der Waals surface area (Å²) in [5.41, 5.74) is 3.29. The standard InChI is InChI=1S/C17H21NO3S/c1-13(2)15-4-3-5-16(12-15)14-6-8-17(9-7-14)22(20,21)18-10-11-19/h3-9,12-13,18-19H,10-11H2,1-2H3. The molecule has 5 heteroatoms. The van der Waals surface area contributed by atoms with Gasteiger partial charge in [0.25, 0.3) is 0 Å². The van der Waals surface area contributed by atoms with E-state index < -0.39 is 10.0 Å². The van der Waals surface area contributed by atoms with Crippen LogP contribution in [0.25, 0.3) is 11.1 Å². The Morgan fingerprint density at radius 2 is 1.73 bits per heavy atom. The molecule has 2 rings (SSSR count). The minimum Gasteiger partial charge on any atom is -0.395 e. The van der Waals surface area contributed by atoms with Gasteiger partial charge in [-0.15, -0.1) is 0 Å². The molecule has 0 aromatic heterocycles. The van der Waals surface area contributed by atoms with Crippen LogP contribution in [0.15, 0.2) is 53.4 Å². The van der Waals surface area contributed by atoms with Gasteiger partial charge in [0.15, 0.2) is 0 Å². The molecule has 0 radical (unpaired) electrons. The van der Waals surface area contributed by atoms with Crippen molar-refractivity contribution in [2.45, 2.75) is 24.7 Å². The van der Waals surface area contributed by atoms with Crippen molar-refractivity contribution < 1.29 is 13.5 Å². The van der Waals surface area contributed by atoms with Gasteiger partial charge < -0.3 is 5.11 Å². The zero-order valence-corrected chi connectivity index (χ0v) is 13.6. The van der Waals surface area contributed by atoms with Gasteiger partial charge in [-0.25, -0.2) is 13.1 Å². The minimum absolute atomic E-state index is 0.0144. The summed E-state index contributed by atoms with van der Waals surface area (Å²) < 4.78 is 26.3. The van der Waals surface area contributed by atoms with Gasteiger partial charge in [0.05, 0.1) is 11.5 Å². The van der Waals surface area contributed by atoms with Gasteiger partial charge in [0, 0.05) is 6.54 Å². The highest BCUT2D eigenvalue weighted by atomic mass is 32.2. The molecule has 0 amide bonds. The molecular weight excluding hydrogens is 298 g/mol. The maximum absolute atomic E-state index is 12.0. The largest absolute Gasteiger partial charge is 0.395 e. The summed E-state index contributed by atoms with van der Waals surface area (Å²) in [4.78, 5) is 0.199. The summed E-state index contributed by atoms with van der Waals surface area (Å²) in [6.45, 7) is 4.07. The maximum atomic E-state index is 12.0. The van der Waals surface area contributed by atoms with E-state index in [4.69, 9.17) is 5.11 Å². The van der Waals surface area contributed by atoms with E-state index in [-0.39, 0.29) is 18.0 Å². The number of aliphatic hydroxyl groups excluding tert-OH is 1. The van der Waals surface area contributed by atoms with E-state index in [9.17, 15) is 8.42 Å². The zero-order chi connectivity index (χ0) is 16.2. The fourth-order valence-electron chi connectivity index (χ4n) is 2.17. The fourth-order valence-corrected chi connectivity index (χ4v) is 3.19. The Labute approximate surface area is 131 Å². The van der Waals surface area contributed by atoms with Crippen molar-refractivity contribution in [3.63, 3.8) is 0 Å². The van der Waals surface area contributed by atoms with Crippen LogP contribution < -0.4 is 4.72 Å². The number of hydrogen-bond acceptors (Lipinski definition) is 3. The smallest absolute Gasteiger partial charge is 0.240 e. The molecule has 2 aromatic carbocycles. The average molecular weight is 319 g/mol. The van der Waals surface area contributed by atoms with E-state index >= 15 is 0 Å². The van der Waals surface area contributed by atoms with Crippen LogP contribution in [0.1, 0.15) is 25.3 Å². The lowest BCUT2D eigenvalue weighted by molar-refractivity contribution is 0.301. The van der Waals surface area contributed by atoms with Gasteiger partial charge in [0.1, 0.15) is 0 Å². The first kappa shape index (κ1) is 16.7. The van der Waals surface area contributed by atoms with Crippen molar-refractivity contribution in [1.29, 1.82) is 0 Å². The van der Waals surface area contributed by atoms with Crippen LogP contribution in [0.4, 0.5) is 0 Å². The molecular formula is C17H21NO3S. The van der Waals surface area contributed by atoms with Crippen LogP contribution in [0.3, 0.4) is 0 Å². The van der Waals surface area contributed by atoms with Gasteiger partial charge in [-0.1, -0.05) is 50.2 Å². The summed E-state index contributed by atoms with van der Waals surface area (Å²) in [5, 5.41) is 8.71. The second-order valence-corrected chi connectivity index (χ2v) is 7.19. The Kier molecular flexibility index (Phi) is 5.34. The highest BCUT2D eigenvalue weighted by molar-refractivity contribution is 7.89. The van der Waals surface area contributed by atoms with E-state index in [1.165, 1.54) is 5.56 Å². The lowest BCUT2D eigenvalue weighted by Crippen LogP contribution is -2.26. The van der Waals surface area contributed by atoms with Crippen LogP contribution in [0.5, 0.6) is 0 Å². The molecule has 0 fully saturated rings. The molecule has 0 unspecified atom stereocenters. The van der Waals surface area contributed by atoms with E-state index in [0.717, 1.165) is 11.1 Å². The molecule has 0 aliphatic heterocycles. The van der Waals surface area contributed by atoms with Crippen molar-refractivity contribution in [1.82, 2.24) is 4.72 Å². The Bertz CT molecular complexity index is 722. The van der Waals surface area contributed by atoms with Gasteiger partial charge in [-0.2, -0.15) is 0 Å². The first-order chi connectivity index (χ1) is 10.4. The lowest BCUT2D eigenvalue weighted by atomic mass is 9.97. The quantitative estimate of drug-likeness (QED) is 0.860. The topological polar surface area (TPSA) is 66.4 Å². The third-order valence-electron chi connectivity index (χ3n) is 3.46. The Balaban J connectivity index is 2.27. The number of aliphatic hydroxyl groups is 1. The monoisotopic (exact) mass is 319 g/mol. The molecule has 22 heavy (non-hydrogen) atoms.